The van der Waals surface area contributed by atoms with Crippen molar-refractivity contribution in [3.63, 3.8) is 0 Å². The van der Waals surface area contributed by atoms with Gasteiger partial charge >= 0.3 is 0 Å². The Hall–Kier alpha value is -1.09. The average Bonchev–Trinajstić information content (AvgIpc) is 2.49. The highest BCUT2D eigenvalue weighted by Gasteiger charge is 2.08. The van der Waals surface area contributed by atoms with Gasteiger partial charge in [-0.15, -0.1) is 6.58 Å². The van der Waals surface area contributed by atoms with E-state index in [9.17, 15) is 4.39 Å². The first-order chi connectivity index (χ1) is 6.72. The van der Waals surface area contributed by atoms with Crippen LogP contribution in [0, 0.1) is 5.82 Å². The van der Waals surface area contributed by atoms with Gasteiger partial charge in [0.1, 0.15) is 5.82 Å². The minimum atomic E-state index is -0.201. The molecule has 0 atom stereocenters. The minimum Gasteiger partial charge on any atom is -0.361 e. The number of rotatable bonds is 2. The van der Waals surface area contributed by atoms with Gasteiger partial charge in [0.2, 0.25) is 0 Å². The highest BCUT2D eigenvalue weighted by atomic mass is 79.9. The monoisotopic (exact) mass is 253 g/mol. The van der Waals surface area contributed by atoms with E-state index in [2.05, 4.69) is 27.5 Å². The topological polar surface area (TPSA) is 15.8 Å². The van der Waals surface area contributed by atoms with E-state index in [0.29, 0.717) is 11.8 Å². The largest absolute Gasteiger partial charge is 0.361 e. The van der Waals surface area contributed by atoms with Crippen LogP contribution in [0.2, 0.25) is 0 Å². The Bertz CT molecular complexity index is 487. The summed E-state index contributed by atoms with van der Waals surface area (Å²) in [7, 11) is 0. The van der Waals surface area contributed by atoms with Crippen LogP contribution in [0.5, 0.6) is 0 Å². The molecule has 0 radical (unpaired) electrons. The van der Waals surface area contributed by atoms with Gasteiger partial charge in [-0.2, -0.15) is 0 Å². The Labute approximate surface area is 89.8 Å². The first-order valence-electron chi connectivity index (χ1n) is 4.28. The lowest BCUT2D eigenvalue weighted by Crippen LogP contribution is -1.82. The van der Waals surface area contributed by atoms with E-state index in [1.165, 1.54) is 6.07 Å². The zero-order valence-electron chi connectivity index (χ0n) is 7.48. The summed E-state index contributed by atoms with van der Waals surface area (Å²) < 4.78 is 14.3. The van der Waals surface area contributed by atoms with Crippen LogP contribution in [0.25, 0.3) is 10.9 Å². The van der Waals surface area contributed by atoms with Gasteiger partial charge < -0.3 is 4.98 Å². The smallest absolute Gasteiger partial charge is 0.133 e. The quantitative estimate of drug-likeness (QED) is 0.784. The molecule has 0 spiro atoms. The van der Waals surface area contributed by atoms with Gasteiger partial charge in [0.05, 0.1) is 0 Å². The molecule has 1 heterocycles. The molecule has 72 valence electrons. The van der Waals surface area contributed by atoms with Crippen molar-refractivity contribution in [2.75, 3.05) is 0 Å². The Balaban J connectivity index is 2.72. The standard InChI is InChI=1S/C11H9BrFN/c1-2-3-7-6-14-10-5-8(12)4-9(13)11(7)10/h2,4-6,14H,1,3H2. The number of hydrogen-bond donors (Lipinski definition) is 1. The molecular formula is C11H9BrFN. The molecule has 0 aliphatic carbocycles. The van der Waals surface area contributed by atoms with Crippen LogP contribution < -0.4 is 0 Å². The normalized spacial score (nSPS) is 10.7. The number of allylic oxidation sites excluding steroid dienone is 1. The van der Waals surface area contributed by atoms with Crippen molar-refractivity contribution in [1.82, 2.24) is 4.98 Å². The second-order valence-electron chi connectivity index (χ2n) is 3.12. The molecule has 0 amide bonds. The zero-order chi connectivity index (χ0) is 10.1. The van der Waals surface area contributed by atoms with Crippen molar-refractivity contribution in [2.45, 2.75) is 6.42 Å². The number of hydrogen-bond acceptors (Lipinski definition) is 0. The van der Waals surface area contributed by atoms with E-state index >= 15 is 0 Å². The molecule has 1 nitrogen and oxygen atoms in total. The van der Waals surface area contributed by atoms with Crippen LogP contribution in [0.1, 0.15) is 5.56 Å². The highest BCUT2D eigenvalue weighted by Crippen LogP contribution is 2.26. The summed E-state index contributed by atoms with van der Waals surface area (Å²) in [5.74, 6) is -0.201. The molecule has 2 aromatic rings. The molecule has 1 aromatic carbocycles. The number of aromatic nitrogens is 1. The number of benzene rings is 1. The number of fused-ring (bicyclic) bond motifs is 1. The van der Waals surface area contributed by atoms with Gasteiger partial charge in [0.25, 0.3) is 0 Å². The third-order valence-electron chi connectivity index (χ3n) is 2.14. The lowest BCUT2D eigenvalue weighted by Gasteiger charge is -1.97. The van der Waals surface area contributed by atoms with Crippen LogP contribution >= 0.6 is 15.9 Å². The van der Waals surface area contributed by atoms with Gasteiger partial charge in [-0.3, -0.25) is 0 Å². The SMILES string of the molecule is C=CCc1c[nH]c2cc(Br)cc(F)c12. The molecule has 0 fully saturated rings. The molecule has 14 heavy (non-hydrogen) atoms. The fraction of sp³-hybridized carbons (Fsp3) is 0.0909. The average molecular weight is 254 g/mol. The molecule has 0 unspecified atom stereocenters. The van der Waals surface area contributed by atoms with Crippen LogP contribution in [-0.4, -0.2) is 4.98 Å². The number of nitrogens with one attached hydrogen (secondary N) is 1. The minimum absolute atomic E-state index is 0.201. The van der Waals surface area contributed by atoms with Gasteiger partial charge in [-0.05, 0) is 24.1 Å². The molecule has 0 aliphatic heterocycles. The van der Waals surface area contributed by atoms with Crippen LogP contribution in [0.4, 0.5) is 4.39 Å². The molecule has 3 heteroatoms. The summed E-state index contributed by atoms with van der Waals surface area (Å²) in [6.07, 6.45) is 4.27. The fourth-order valence-corrected chi connectivity index (χ4v) is 2.00. The number of aromatic amines is 1. The van der Waals surface area contributed by atoms with E-state index in [-0.39, 0.29) is 5.82 Å². The van der Waals surface area contributed by atoms with Crippen LogP contribution in [0.3, 0.4) is 0 Å². The Morgan fingerprint density at radius 3 is 3.00 bits per heavy atom. The van der Waals surface area contributed by atoms with Gasteiger partial charge in [0.15, 0.2) is 0 Å². The summed E-state index contributed by atoms with van der Waals surface area (Å²) in [6, 6.07) is 3.34. The van der Waals surface area contributed by atoms with Crippen molar-refractivity contribution in [2.24, 2.45) is 0 Å². The fourth-order valence-electron chi connectivity index (χ4n) is 1.57. The Morgan fingerprint density at radius 2 is 2.29 bits per heavy atom. The van der Waals surface area contributed by atoms with E-state index in [0.717, 1.165) is 15.6 Å². The highest BCUT2D eigenvalue weighted by molar-refractivity contribution is 9.10. The molecule has 0 aliphatic rings. The van der Waals surface area contributed by atoms with E-state index < -0.39 is 0 Å². The maximum atomic E-state index is 13.6. The maximum Gasteiger partial charge on any atom is 0.133 e. The number of halogens is 2. The van der Waals surface area contributed by atoms with Crippen LogP contribution in [-0.2, 0) is 6.42 Å². The lowest BCUT2D eigenvalue weighted by atomic mass is 10.1. The zero-order valence-corrected chi connectivity index (χ0v) is 9.07. The molecule has 2 rings (SSSR count). The van der Waals surface area contributed by atoms with Crippen molar-refractivity contribution >= 4 is 26.8 Å². The van der Waals surface area contributed by atoms with Crippen molar-refractivity contribution in [1.29, 1.82) is 0 Å². The van der Waals surface area contributed by atoms with Crippen molar-refractivity contribution < 1.29 is 4.39 Å². The van der Waals surface area contributed by atoms with Crippen molar-refractivity contribution in [3.05, 3.63) is 46.8 Å². The third kappa shape index (κ3) is 1.48. The summed E-state index contributed by atoms with van der Waals surface area (Å²) in [5.41, 5.74) is 1.76. The van der Waals surface area contributed by atoms with Gasteiger partial charge in [0, 0.05) is 21.6 Å². The second kappa shape index (κ2) is 3.58. The molecule has 0 saturated heterocycles. The predicted molar refractivity (Wildman–Crippen MR) is 59.9 cm³/mol. The lowest BCUT2D eigenvalue weighted by molar-refractivity contribution is 0.638. The third-order valence-corrected chi connectivity index (χ3v) is 2.60. The first-order valence-corrected chi connectivity index (χ1v) is 5.07. The van der Waals surface area contributed by atoms with Gasteiger partial charge in [-0.1, -0.05) is 22.0 Å². The van der Waals surface area contributed by atoms with Crippen molar-refractivity contribution in [3.8, 4) is 0 Å². The summed E-state index contributed by atoms with van der Waals surface area (Å²) in [4.78, 5) is 3.04. The Morgan fingerprint density at radius 1 is 1.50 bits per heavy atom. The molecule has 1 aromatic heterocycles. The van der Waals surface area contributed by atoms with E-state index in [1.54, 1.807) is 6.08 Å². The molecular weight excluding hydrogens is 245 g/mol. The van der Waals surface area contributed by atoms with Crippen LogP contribution in [0.15, 0.2) is 35.5 Å². The predicted octanol–water partition coefficient (Wildman–Crippen LogP) is 3.80. The summed E-state index contributed by atoms with van der Waals surface area (Å²) in [5, 5.41) is 0.660. The summed E-state index contributed by atoms with van der Waals surface area (Å²) >= 11 is 3.25. The van der Waals surface area contributed by atoms with E-state index in [4.69, 9.17) is 0 Å². The maximum absolute atomic E-state index is 13.6. The first kappa shape index (κ1) is 9.46. The molecule has 0 saturated carbocycles. The number of H-pyrrole nitrogens is 1. The molecule has 0 bridgehead atoms. The second-order valence-corrected chi connectivity index (χ2v) is 4.03. The van der Waals surface area contributed by atoms with Gasteiger partial charge in [-0.25, -0.2) is 4.39 Å². The Kier molecular flexibility index (Phi) is 2.42. The summed E-state index contributed by atoms with van der Waals surface area (Å²) in [6.45, 7) is 3.64. The molecule has 1 N–H and O–H groups in total. The van der Waals surface area contributed by atoms with E-state index in [1.807, 2.05) is 12.3 Å².